The van der Waals surface area contributed by atoms with E-state index in [2.05, 4.69) is 34.5 Å². The van der Waals surface area contributed by atoms with Crippen molar-refractivity contribution < 1.29 is 8.42 Å². The molecule has 1 aliphatic rings. The van der Waals surface area contributed by atoms with Crippen LogP contribution in [-0.4, -0.2) is 33.3 Å². The first-order chi connectivity index (χ1) is 11.1. The van der Waals surface area contributed by atoms with Gasteiger partial charge in [-0.25, -0.2) is 8.42 Å². The van der Waals surface area contributed by atoms with Crippen LogP contribution in [-0.2, 0) is 9.84 Å². The Morgan fingerprint density at radius 1 is 1.09 bits per heavy atom. The number of rotatable bonds is 5. The maximum Gasteiger partial charge on any atom is 0.178 e. The van der Waals surface area contributed by atoms with Crippen molar-refractivity contribution in [2.24, 2.45) is 0 Å². The third-order valence-electron chi connectivity index (χ3n) is 4.27. The molecule has 0 bridgehead atoms. The molecule has 0 saturated carbocycles. The summed E-state index contributed by atoms with van der Waals surface area (Å²) in [7, 11) is -3.12. The Morgan fingerprint density at radius 2 is 1.78 bits per heavy atom. The van der Waals surface area contributed by atoms with E-state index in [1.807, 2.05) is 18.2 Å². The van der Waals surface area contributed by atoms with Gasteiger partial charge in [0.15, 0.2) is 9.84 Å². The first-order valence-electron chi connectivity index (χ1n) is 7.98. The molecule has 4 nitrogen and oxygen atoms in total. The lowest BCUT2D eigenvalue weighted by Crippen LogP contribution is -2.25. The lowest BCUT2D eigenvalue weighted by atomic mass is 10.2. The third-order valence-corrected chi connectivity index (χ3v) is 6.02. The van der Waals surface area contributed by atoms with Crippen LogP contribution in [0.5, 0.6) is 0 Å². The van der Waals surface area contributed by atoms with Crippen LogP contribution in [0.3, 0.4) is 0 Å². The molecule has 122 valence electrons. The highest BCUT2D eigenvalue weighted by Gasteiger charge is 2.22. The molecule has 3 rings (SSSR count). The molecule has 1 heterocycles. The maximum atomic E-state index is 11.8. The first-order valence-corrected chi connectivity index (χ1v) is 9.63. The molecule has 0 unspecified atom stereocenters. The summed E-state index contributed by atoms with van der Waals surface area (Å²) >= 11 is 0. The average Bonchev–Trinajstić information content (AvgIpc) is 3.05. The number of para-hydroxylation sites is 1. The number of hydrogen-bond acceptors (Lipinski definition) is 4. The average molecular weight is 330 g/mol. The zero-order valence-corrected chi connectivity index (χ0v) is 14.1. The minimum absolute atomic E-state index is 0.133. The standard InChI is InChI=1S/C18H22N2O2S/c1-2-23(21,22)18-10-8-15(9-11-18)19-16-12-13-20(14-16)17-6-4-3-5-7-17/h3-11,16,19H,2,12-14H2,1H3/t16-/m0/s1. The Labute approximate surface area is 138 Å². The molecule has 0 aromatic heterocycles. The fraction of sp³-hybridized carbons (Fsp3) is 0.333. The molecule has 1 fully saturated rings. The van der Waals surface area contributed by atoms with E-state index in [4.69, 9.17) is 0 Å². The van der Waals surface area contributed by atoms with Gasteiger partial charge in [-0.3, -0.25) is 0 Å². The Hall–Kier alpha value is -2.01. The van der Waals surface area contributed by atoms with Crippen LogP contribution >= 0.6 is 0 Å². The second kappa shape index (κ2) is 6.62. The minimum Gasteiger partial charge on any atom is -0.380 e. The fourth-order valence-electron chi connectivity index (χ4n) is 2.91. The predicted molar refractivity (Wildman–Crippen MR) is 94.9 cm³/mol. The maximum absolute atomic E-state index is 11.8. The van der Waals surface area contributed by atoms with Gasteiger partial charge in [0.25, 0.3) is 0 Å². The predicted octanol–water partition coefficient (Wildman–Crippen LogP) is 3.17. The van der Waals surface area contributed by atoms with Crippen LogP contribution in [0.15, 0.2) is 59.5 Å². The molecule has 1 N–H and O–H groups in total. The normalized spacial score (nSPS) is 18.1. The minimum atomic E-state index is -3.12. The second-order valence-electron chi connectivity index (χ2n) is 5.84. The van der Waals surface area contributed by atoms with E-state index in [0.29, 0.717) is 10.9 Å². The van der Waals surface area contributed by atoms with Crippen molar-refractivity contribution in [2.45, 2.75) is 24.3 Å². The molecular weight excluding hydrogens is 308 g/mol. The van der Waals surface area contributed by atoms with E-state index >= 15 is 0 Å². The lowest BCUT2D eigenvalue weighted by Gasteiger charge is -2.19. The summed E-state index contributed by atoms with van der Waals surface area (Å²) in [6.07, 6.45) is 1.07. The molecule has 0 amide bonds. The number of sulfone groups is 1. The summed E-state index contributed by atoms with van der Waals surface area (Å²) in [6, 6.07) is 17.9. The number of benzene rings is 2. The lowest BCUT2D eigenvalue weighted by molar-refractivity contribution is 0.597. The zero-order valence-electron chi connectivity index (χ0n) is 13.3. The van der Waals surface area contributed by atoms with Gasteiger partial charge in [-0.1, -0.05) is 25.1 Å². The smallest absolute Gasteiger partial charge is 0.178 e. The Morgan fingerprint density at radius 3 is 2.43 bits per heavy atom. The molecule has 2 aromatic rings. The van der Waals surface area contributed by atoms with Crippen LogP contribution in [0.2, 0.25) is 0 Å². The highest BCUT2D eigenvalue weighted by atomic mass is 32.2. The van der Waals surface area contributed by atoms with Crippen LogP contribution in [0, 0.1) is 0 Å². The summed E-state index contributed by atoms with van der Waals surface area (Å²) in [6.45, 7) is 3.65. The molecule has 0 radical (unpaired) electrons. The van der Waals surface area contributed by atoms with E-state index < -0.39 is 9.84 Å². The molecule has 23 heavy (non-hydrogen) atoms. The topological polar surface area (TPSA) is 49.4 Å². The van der Waals surface area contributed by atoms with Crippen LogP contribution < -0.4 is 10.2 Å². The van der Waals surface area contributed by atoms with Gasteiger partial charge in [-0.15, -0.1) is 0 Å². The van der Waals surface area contributed by atoms with Crippen LogP contribution in [0.4, 0.5) is 11.4 Å². The number of hydrogen-bond donors (Lipinski definition) is 1. The van der Waals surface area contributed by atoms with E-state index in [1.165, 1.54) is 5.69 Å². The van der Waals surface area contributed by atoms with Crippen molar-refractivity contribution >= 4 is 21.2 Å². The molecule has 5 heteroatoms. The molecule has 1 aliphatic heterocycles. The quantitative estimate of drug-likeness (QED) is 0.915. The van der Waals surface area contributed by atoms with Crippen molar-refractivity contribution in [2.75, 3.05) is 29.1 Å². The van der Waals surface area contributed by atoms with Crippen LogP contribution in [0.25, 0.3) is 0 Å². The Balaban J connectivity index is 1.63. The SMILES string of the molecule is CCS(=O)(=O)c1ccc(N[C@H]2CCN(c3ccccc3)C2)cc1. The van der Waals surface area contributed by atoms with Crippen molar-refractivity contribution in [3.8, 4) is 0 Å². The molecule has 0 spiro atoms. The van der Waals surface area contributed by atoms with E-state index in [9.17, 15) is 8.42 Å². The van der Waals surface area contributed by atoms with Gasteiger partial charge in [0, 0.05) is 30.5 Å². The number of nitrogens with zero attached hydrogens (tertiary/aromatic N) is 1. The van der Waals surface area contributed by atoms with Crippen molar-refractivity contribution in [1.29, 1.82) is 0 Å². The zero-order chi connectivity index (χ0) is 16.3. The molecule has 1 atom stereocenters. The largest absolute Gasteiger partial charge is 0.380 e. The molecule has 0 aliphatic carbocycles. The van der Waals surface area contributed by atoms with Gasteiger partial charge in [-0.2, -0.15) is 0 Å². The van der Waals surface area contributed by atoms with Crippen molar-refractivity contribution in [3.63, 3.8) is 0 Å². The van der Waals surface area contributed by atoms with E-state index in [-0.39, 0.29) is 5.75 Å². The highest BCUT2D eigenvalue weighted by molar-refractivity contribution is 7.91. The van der Waals surface area contributed by atoms with Gasteiger partial charge in [0.05, 0.1) is 10.6 Å². The highest BCUT2D eigenvalue weighted by Crippen LogP contribution is 2.23. The Kier molecular flexibility index (Phi) is 4.57. The van der Waals surface area contributed by atoms with Gasteiger partial charge in [-0.05, 0) is 42.8 Å². The van der Waals surface area contributed by atoms with Crippen LogP contribution in [0.1, 0.15) is 13.3 Å². The Bertz CT molecular complexity index is 742. The van der Waals surface area contributed by atoms with E-state index in [0.717, 1.165) is 25.2 Å². The number of nitrogens with one attached hydrogen (secondary N) is 1. The number of anilines is 2. The fourth-order valence-corrected chi connectivity index (χ4v) is 3.80. The third kappa shape index (κ3) is 3.67. The summed E-state index contributed by atoms with van der Waals surface area (Å²) < 4.78 is 23.7. The molecule has 1 saturated heterocycles. The molecular formula is C18H22N2O2S. The van der Waals surface area contributed by atoms with Gasteiger partial charge >= 0.3 is 0 Å². The van der Waals surface area contributed by atoms with Crippen molar-refractivity contribution in [1.82, 2.24) is 0 Å². The summed E-state index contributed by atoms with van der Waals surface area (Å²) in [5.41, 5.74) is 2.22. The van der Waals surface area contributed by atoms with Gasteiger partial charge in [0.1, 0.15) is 0 Å². The van der Waals surface area contributed by atoms with Gasteiger partial charge < -0.3 is 10.2 Å². The first kappa shape index (κ1) is 15.9. The van der Waals surface area contributed by atoms with Gasteiger partial charge in [0.2, 0.25) is 0 Å². The molecule has 2 aromatic carbocycles. The van der Waals surface area contributed by atoms with E-state index in [1.54, 1.807) is 19.1 Å². The second-order valence-corrected chi connectivity index (χ2v) is 8.12. The summed E-state index contributed by atoms with van der Waals surface area (Å²) in [5.74, 6) is 0.133. The summed E-state index contributed by atoms with van der Waals surface area (Å²) in [5, 5.41) is 3.50. The summed E-state index contributed by atoms with van der Waals surface area (Å²) in [4.78, 5) is 2.76. The monoisotopic (exact) mass is 330 g/mol. The van der Waals surface area contributed by atoms with Crippen molar-refractivity contribution in [3.05, 3.63) is 54.6 Å².